The molecule has 4 saturated carbocycles. The van der Waals surface area contributed by atoms with Crippen molar-refractivity contribution in [1.82, 2.24) is 5.43 Å². The number of benzene rings is 1. The number of carbonyl (C=O) groups excluding carboxylic acids is 1. The second-order valence-electron chi connectivity index (χ2n) is 8.02. The minimum absolute atomic E-state index is 0.0105. The maximum atomic E-state index is 12.4. The van der Waals surface area contributed by atoms with Crippen molar-refractivity contribution < 1.29 is 4.79 Å². The molecule has 1 aromatic carbocycles. The lowest BCUT2D eigenvalue weighted by atomic mass is 9.49. The van der Waals surface area contributed by atoms with Crippen LogP contribution in [-0.4, -0.2) is 12.1 Å². The van der Waals surface area contributed by atoms with Crippen molar-refractivity contribution in [3.05, 3.63) is 33.8 Å². The van der Waals surface area contributed by atoms with Crippen molar-refractivity contribution in [2.75, 3.05) is 0 Å². The van der Waals surface area contributed by atoms with Gasteiger partial charge in [0.25, 0.3) is 0 Å². The molecule has 0 saturated heterocycles. The Hall–Kier alpha value is -1.06. The molecule has 4 aliphatic rings. The molecular weight excluding hydrogens is 343 g/mol. The Morgan fingerprint density at radius 2 is 1.67 bits per heavy atom. The number of amides is 1. The fourth-order valence-corrected chi connectivity index (χ4v) is 6.18. The standard InChI is InChI=1S/C19H22Cl2N2O/c20-16-2-1-3-17(21)15(16)11-22-23-18(24)10-19-7-12-4-13(8-19)6-14(5-12)9-19/h1-3,11-14H,4-10H2,(H,23,24)/b22-11-. The van der Waals surface area contributed by atoms with Gasteiger partial charge in [-0.05, 0) is 73.8 Å². The van der Waals surface area contributed by atoms with E-state index in [1.807, 2.05) is 0 Å². The first-order chi connectivity index (χ1) is 11.5. The molecule has 5 rings (SSSR count). The molecule has 3 nitrogen and oxygen atoms in total. The van der Waals surface area contributed by atoms with Gasteiger partial charge in [0.15, 0.2) is 0 Å². The Morgan fingerprint density at radius 3 is 2.21 bits per heavy atom. The Bertz CT molecular complexity index is 630. The van der Waals surface area contributed by atoms with Crippen LogP contribution in [0.2, 0.25) is 10.0 Å². The molecule has 128 valence electrons. The number of halogens is 2. The summed E-state index contributed by atoms with van der Waals surface area (Å²) in [5.41, 5.74) is 3.54. The van der Waals surface area contributed by atoms with E-state index in [9.17, 15) is 4.79 Å². The Balaban J connectivity index is 1.38. The molecule has 24 heavy (non-hydrogen) atoms. The van der Waals surface area contributed by atoms with Crippen molar-refractivity contribution >= 4 is 35.3 Å². The van der Waals surface area contributed by atoms with Gasteiger partial charge in [-0.25, -0.2) is 5.43 Å². The van der Waals surface area contributed by atoms with Crippen LogP contribution in [0.25, 0.3) is 0 Å². The highest BCUT2D eigenvalue weighted by Crippen LogP contribution is 2.61. The molecule has 0 radical (unpaired) electrons. The molecule has 4 fully saturated rings. The minimum atomic E-state index is 0.0105. The number of rotatable bonds is 4. The van der Waals surface area contributed by atoms with E-state index >= 15 is 0 Å². The number of carbonyl (C=O) groups is 1. The third kappa shape index (κ3) is 3.21. The zero-order valence-electron chi connectivity index (χ0n) is 13.6. The van der Waals surface area contributed by atoms with Crippen LogP contribution in [0.15, 0.2) is 23.3 Å². The van der Waals surface area contributed by atoms with Crippen molar-refractivity contribution in [2.24, 2.45) is 28.3 Å². The number of nitrogens with zero attached hydrogens (tertiary/aromatic N) is 1. The van der Waals surface area contributed by atoms with Gasteiger partial charge in [0, 0.05) is 12.0 Å². The normalized spacial score (nSPS) is 34.0. The van der Waals surface area contributed by atoms with Crippen LogP contribution in [0.3, 0.4) is 0 Å². The van der Waals surface area contributed by atoms with Crippen molar-refractivity contribution in [3.63, 3.8) is 0 Å². The first kappa shape index (κ1) is 16.4. The summed E-state index contributed by atoms with van der Waals surface area (Å²) in [5.74, 6) is 2.58. The summed E-state index contributed by atoms with van der Waals surface area (Å²) in [7, 11) is 0. The molecule has 1 N–H and O–H groups in total. The predicted octanol–water partition coefficient (Wildman–Crippen LogP) is 5.05. The lowest BCUT2D eigenvalue weighted by molar-refractivity contribution is -0.129. The van der Waals surface area contributed by atoms with Gasteiger partial charge in [-0.2, -0.15) is 5.10 Å². The molecule has 0 unspecified atom stereocenters. The van der Waals surface area contributed by atoms with Gasteiger partial charge in [0.1, 0.15) is 0 Å². The maximum Gasteiger partial charge on any atom is 0.240 e. The molecule has 5 heteroatoms. The zero-order chi connectivity index (χ0) is 16.7. The monoisotopic (exact) mass is 364 g/mol. The van der Waals surface area contributed by atoms with Crippen LogP contribution in [-0.2, 0) is 4.79 Å². The Morgan fingerprint density at radius 1 is 1.12 bits per heavy atom. The summed E-state index contributed by atoms with van der Waals surface area (Å²) in [6.07, 6.45) is 10.00. The molecule has 4 aliphatic carbocycles. The average molecular weight is 365 g/mol. The highest BCUT2D eigenvalue weighted by Gasteiger charge is 2.51. The minimum Gasteiger partial charge on any atom is -0.273 e. The second-order valence-corrected chi connectivity index (χ2v) is 8.84. The van der Waals surface area contributed by atoms with Gasteiger partial charge in [-0.3, -0.25) is 4.79 Å². The highest BCUT2D eigenvalue weighted by molar-refractivity contribution is 6.38. The molecule has 0 heterocycles. The topological polar surface area (TPSA) is 41.5 Å². The molecule has 1 aromatic rings. The van der Waals surface area contributed by atoms with Gasteiger partial charge >= 0.3 is 0 Å². The third-order valence-corrected chi connectivity index (χ3v) is 6.74. The molecule has 0 aliphatic heterocycles. The average Bonchev–Trinajstić information content (AvgIpc) is 2.48. The largest absolute Gasteiger partial charge is 0.273 e. The van der Waals surface area contributed by atoms with Gasteiger partial charge in [-0.1, -0.05) is 29.3 Å². The van der Waals surface area contributed by atoms with E-state index in [1.165, 1.54) is 44.7 Å². The van der Waals surface area contributed by atoms with Crippen LogP contribution < -0.4 is 5.43 Å². The summed E-state index contributed by atoms with van der Waals surface area (Å²) in [4.78, 5) is 12.4. The van der Waals surface area contributed by atoms with E-state index in [4.69, 9.17) is 23.2 Å². The predicted molar refractivity (Wildman–Crippen MR) is 97.4 cm³/mol. The van der Waals surface area contributed by atoms with Gasteiger partial charge in [0.05, 0.1) is 16.3 Å². The maximum absolute atomic E-state index is 12.4. The smallest absolute Gasteiger partial charge is 0.240 e. The van der Waals surface area contributed by atoms with E-state index in [-0.39, 0.29) is 11.3 Å². The second kappa shape index (κ2) is 6.34. The fraction of sp³-hybridized carbons (Fsp3) is 0.579. The summed E-state index contributed by atoms with van der Waals surface area (Å²) in [6.45, 7) is 0. The van der Waals surface area contributed by atoms with Gasteiger partial charge in [-0.15, -0.1) is 0 Å². The van der Waals surface area contributed by atoms with E-state index in [2.05, 4.69) is 10.5 Å². The number of nitrogens with one attached hydrogen (secondary N) is 1. The van der Waals surface area contributed by atoms with E-state index in [0.29, 0.717) is 22.0 Å². The van der Waals surface area contributed by atoms with Crippen LogP contribution >= 0.6 is 23.2 Å². The van der Waals surface area contributed by atoms with Crippen molar-refractivity contribution in [1.29, 1.82) is 0 Å². The van der Waals surface area contributed by atoms with Crippen LogP contribution in [0.4, 0.5) is 0 Å². The van der Waals surface area contributed by atoms with E-state index in [0.717, 1.165) is 17.8 Å². The number of hydrogen-bond donors (Lipinski definition) is 1. The van der Waals surface area contributed by atoms with Crippen molar-refractivity contribution in [3.8, 4) is 0 Å². The Kier molecular flexibility index (Phi) is 4.34. The van der Waals surface area contributed by atoms with Crippen LogP contribution in [0.1, 0.15) is 50.5 Å². The van der Waals surface area contributed by atoms with Gasteiger partial charge in [0.2, 0.25) is 5.91 Å². The first-order valence-electron chi connectivity index (χ1n) is 8.79. The SMILES string of the molecule is O=C(CC12CC3CC(CC(C3)C1)C2)N/N=C\c1c(Cl)cccc1Cl. The van der Waals surface area contributed by atoms with E-state index in [1.54, 1.807) is 18.2 Å². The number of hydrazone groups is 1. The summed E-state index contributed by atoms with van der Waals surface area (Å²) in [5, 5.41) is 5.13. The summed E-state index contributed by atoms with van der Waals surface area (Å²) < 4.78 is 0. The van der Waals surface area contributed by atoms with E-state index < -0.39 is 0 Å². The van der Waals surface area contributed by atoms with Crippen molar-refractivity contribution in [2.45, 2.75) is 44.9 Å². The molecule has 0 atom stereocenters. The highest BCUT2D eigenvalue weighted by atomic mass is 35.5. The third-order valence-electron chi connectivity index (χ3n) is 6.08. The van der Waals surface area contributed by atoms with Crippen LogP contribution in [0, 0.1) is 23.2 Å². The molecule has 1 amide bonds. The lowest BCUT2D eigenvalue weighted by Crippen LogP contribution is -2.47. The summed E-state index contributed by atoms with van der Waals surface area (Å²) >= 11 is 12.2. The first-order valence-corrected chi connectivity index (χ1v) is 9.54. The zero-order valence-corrected chi connectivity index (χ0v) is 15.1. The number of hydrogen-bond acceptors (Lipinski definition) is 2. The fourth-order valence-electron chi connectivity index (χ4n) is 5.69. The molecular formula is C19H22Cl2N2O. The summed E-state index contributed by atoms with van der Waals surface area (Å²) in [6, 6.07) is 5.30. The molecule has 4 bridgehead atoms. The van der Waals surface area contributed by atoms with Crippen LogP contribution in [0.5, 0.6) is 0 Å². The molecule has 0 aromatic heterocycles. The molecule has 0 spiro atoms. The quantitative estimate of drug-likeness (QED) is 0.589. The van der Waals surface area contributed by atoms with Gasteiger partial charge < -0.3 is 0 Å². The lowest BCUT2D eigenvalue weighted by Gasteiger charge is -2.56. The Labute approximate surface area is 152 Å².